The molecule has 1 aliphatic rings. The molecule has 3 rings (SSSR count). The van der Waals surface area contributed by atoms with E-state index >= 15 is 0 Å². The Morgan fingerprint density at radius 3 is 3.15 bits per heavy atom. The highest BCUT2D eigenvalue weighted by atomic mass is 79.9. The van der Waals surface area contributed by atoms with Crippen molar-refractivity contribution < 1.29 is 9.53 Å². The lowest BCUT2D eigenvalue weighted by atomic mass is 10.2. The molecule has 3 heterocycles. The van der Waals surface area contributed by atoms with E-state index in [4.69, 9.17) is 16.9 Å². The molecule has 140 valence electrons. The van der Waals surface area contributed by atoms with E-state index in [-0.39, 0.29) is 18.7 Å². The Balaban J connectivity index is 1.82. The molecule has 1 aliphatic heterocycles. The highest BCUT2D eigenvalue weighted by Gasteiger charge is 2.34. The Labute approximate surface area is 166 Å². The van der Waals surface area contributed by atoms with Crippen LogP contribution in [0.2, 0.25) is 0 Å². The highest BCUT2D eigenvalue weighted by Crippen LogP contribution is 2.35. The van der Waals surface area contributed by atoms with Gasteiger partial charge in [0, 0.05) is 18.9 Å². The Morgan fingerprint density at radius 1 is 1.59 bits per heavy atom. The van der Waals surface area contributed by atoms with Gasteiger partial charge < -0.3 is 10.5 Å². The number of hydrogen-bond donors (Lipinski definition) is 1. The van der Waals surface area contributed by atoms with Crippen LogP contribution in [-0.2, 0) is 4.74 Å². The lowest BCUT2D eigenvalue weighted by molar-refractivity contribution is 0.105. The van der Waals surface area contributed by atoms with Gasteiger partial charge in [0.2, 0.25) is 0 Å². The highest BCUT2D eigenvalue weighted by molar-refractivity contribution is 9.10. The van der Waals surface area contributed by atoms with E-state index in [1.54, 1.807) is 23.4 Å². The van der Waals surface area contributed by atoms with Crippen molar-refractivity contribution in [3.8, 4) is 12.3 Å². The molecule has 8 heteroatoms. The number of imidazole rings is 1. The van der Waals surface area contributed by atoms with Crippen molar-refractivity contribution in [1.82, 2.24) is 19.3 Å². The maximum atomic E-state index is 12.7. The number of carbonyl (C=O) groups excluding carboxylic acids is 1. The first-order valence-electron chi connectivity index (χ1n) is 8.56. The molecular weight excluding hydrogens is 410 g/mol. The molecule has 0 aromatic carbocycles. The molecule has 1 atom stereocenters. The predicted molar refractivity (Wildman–Crippen MR) is 107 cm³/mol. The smallest absolute Gasteiger partial charge is 0.410 e. The Kier molecular flexibility index (Phi) is 5.81. The molecule has 0 aliphatic carbocycles. The van der Waals surface area contributed by atoms with E-state index in [2.05, 4.69) is 31.8 Å². The molecule has 2 N–H and O–H groups in total. The number of fused-ring (bicyclic) bond motifs is 1. The average molecular weight is 430 g/mol. The summed E-state index contributed by atoms with van der Waals surface area (Å²) >= 11 is 3.44. The molecule has 0 bridgehead atoms. The number of anilines is 1. The standard InChI is InChI=1S/C19H20BrN5O2/c1-3-6-13(7-4-2)12-27-19(26)24-10-5-8-14(24)18-23-16(20)15-17(21)22-9-11-25(15)18/h1,4,6-7,9,11,14H,5,8,10,12H2,2H3,(H2,21,22)/b7-4-,13-6+/t14-/m0/s1. The Bertz CT molecular complexity index is 957. The molecule has 7 nitrogen and oxygen atoms in total. The second-order valence-corrected chi connectivity index (χ2v) is 6.83. The van der Waals surface area contributed by atoms with Crippen LogP contribution in [0, 0.1) is 12.3 Å². The van der Waals surface area contributed by atoms with Crippen LogP contribution in [0.5, 0.6) is 0 Å². The van der Waals surface area contributed by atoms with Crippen molar-refractivity contribution >= 4 is 33.4 Å². The number of amides is 1. The van der Waals surface area contributed by atoms with Crippen molar-refractivity contribution in [3.05, 3.63) is 46.6 Å². The van der Waals surface area contributed by atoms with Gasteiger partial charge in [-0.3, -0.25) is 9.30 Å². The van der Waals surface area contributed by atoms with E-state index in [0.717, 1.165) is 24.2 Å². The number of likely N-dealkylation sites (tertiary alicyclic amines) is 1. The van der Waals surface area contributed by atoms with Crippen LogP contribution in [0.1, 0.15) is 31.6 Å². The van der Waals surface area contributed by atoms with Gasteiger partial charge in [-0.1, -0.05) is 18.1 Å². The van der Waals surface area contributed by atoms with Crippen LogP contribution in [0.4, 0.5) is 10.6 Å². The number of halogens is 1. The molecular formula is C19H20BrN5O2. The largest absolute Gasteiger partial charge is 0.445 e. The van der Waals surface area contributed by atoms with Gasteiger partial charge in [-0.15, -0.1) is 6.42 Å². The van der Waals surface area contributed by atoms with Crippen LogP contribution >= 0.6 is 15.9 Å². The fraction of sp³-hybridized carbons (Fsp3) is 0.316. The van der Waals surface area contributed by atoms with Crippen molar-refractivity contribution in [1.29, 1.82) is 0 Å². The third-order valence-electron chi connectivity index (χ3n) is 4.36. The number of terminal acetylenes is 1. The maximum absolute atomic E-state index is 12.7. The predicted octanol–water partition coefficient (Wildman–Crippen LogP) is 3.48. The molecule has 0 saturated carbocycles. The number of rotatable bonds is 4. The number of nitrogens with zero attached hydrogens (tertiary/aromatic N) is 4. The maximum Gasteiger partial charge on any atom is 0.410 e. The topological polar surface area (TPSA) is 85.8 Å². The third kappa shape index (κ3) is 3.83. The normalized spacial score (nSPS) is 17.6. The zero-order valence-electron chi connectivity index (χ0n) is 14.9. The number of hydrogen-bond acceptors (Lipinski definition) is 5. The summed E-state index contributed by atoms with van der Waals surface area (Å²) in [5, 5.41) is 0. The Morgan fingerprint density at radius 2 is 2.41 bits per heavy atom. The van der Waals surface area contributed by atoms with Crippen LogP contribution in [0.3, 0.4) is 0 Å². The summed E-state index contributed by atoms with van der Waals surface area (Å²) in [6.45, 7) is 2.61. The second-order valence-electron chi connectivity index (χ2n) is 6.08. The summed E-state index contributed by atoms with van der Waals surface area (Å²) in [7, 11) is 0. The summed E-state index contributed by atoms with van der Waals surface area (Å²) in [6, 6.07) is -0.195. The molecule has 1 fully saturated rings. The van der Waals surface area contributed by atoms with Gasteiger partial charge in [0.25, 0.3) is 0 Å². The van der Waals surface area contributed by atoms with Gasteiger partial charge in [0.15, 0.2) is 5.82 Å². The molecule has 0 unspecified atom stereocenters. The minimum Gasteiger partial charge on any atom is -0.445 e. The summed E-state index contributed by atoms with van der Waals surface area (Å²) in [5.41, 5.74) is 7.42. The summed E-state index contributed by atoms with van der Waals surface area (Å²) in [4.78, 5) is 23.0. The fourth-order valence-corrected chi connectivity index (χ4v) is 3.79. The number of ether oxygens (including phenoxy) is 1. The third-order valence-corrected chi connectivity index (χ3v) is 4.92. The number of aromatic nitrogens is 3. The first-order chi connectivity index (χ1) is 13.1. The molecule has 1 amide bonds. The minimum atomic E-state index is -0.389. The molecule has 0 spiro atoms. The van der Waals surface area contributed by atoms with Gasteiger partial charge in [-0.05, 0) is 47.3 Å². The van der Waals surface area contributed by atoms with E-state index in [1.807, 2.05) is 23.5 Å². The van der Waals surface area contributed by atoms with Gasteiger partial charge in [-0.2, -0.15) is 0 Å². The van der Waals surface area contributed by atoms with E-state index in [1.165, 1.54) is 0 Å². The molecule has 2 aromatic heterocycles. The zero-order chi connectivity index (χ0) is 19.4. The van der Waals surface area contributed by atoms with E-state index < -0.39 is 0 Å². The summed E-state index contributed by atoms with van der Waals surface area (Å²) in [5.74, 6) is 3.56. The van der Waals surface area contributed by atoms with E-state index in [0.29, 0.717) is 22.5 Å². The first-order valence-corrected chi connectivity index (χ1v) is 9.35. The van der Waals surface area contributed by atoms with Gasteiger partial charge in [0.05, 0.1) is 6.04 Å². The summed E-state index contributed by atoms with van der Waals surface area (Å²) < 4.78 is 7.95. The SMILES string of the molecule is C#C/C=C(\C=C/C)COC(=O)N1CCC[C@H]1c1nc(Br)c2c(N)nccn12. The molecule has 2 aromatic rings. The van der Waals surface area contributed by atoms with Crippen molar-refractivity contribution in [2.45, 2.75) is 25.8 Å². The lowest BCUT2D eigenvalue weighted by Crippen LogP contribution is -2.32. The van der Waals surface area contributed by atoms with Gasteiger partial charge in [0.1, 0.15) is 22.6 Å². The van der Waals surface area contributed by atoms with Gasteiger partial charge >= 0.3 is 6.09 Å². The number of allylic oxidation sites excluding steroid dienone is 2. The fourth-order valence-electron chi connectivity index (χ4n) is 3.22. The molecule has 27 heavy (non-hydrogen) atoms. The van der Waals surface area contributed by atoms with Crippen LogP contribution in [0.25, 0.3) is 5.52 Å². The van der Waals surface area contributed by atoms with Crippen LogP contribution in [-0.4, -0.2) is 38.5 Å². The van der Waals surface area contributed by atoms with Crippen molar-refractivity contribution in [3.63, 3.8) is 0 Å². The van der Waals surface area contributed by atoms with Crippen molar-refractivity contribution in [2.75, 3.05) is 18.9 Å². The van der Waals surface area contributed by atoms with E-state index in [9.17, 15) is 4.79 Å². The first kappa shape index (κ1) is 19.0. The minimum absolute atomic E-state index is 0.124. The quantitative estimate of drug-likeness (QED) is 0.593. The number of nitrogen functional groups attached to an aromatic ring is 1. The summed E-state index contributed by atoms with van der Waals surface area (Å²) in [6.07, 6.45) is 15.3. The van der Waals surface area contributed by atoms with Crippen molar-refractivity contribution in [2.24, 2.45) is 0 Å². The lowest BCUT2D eigenvalue weighted by Gasteiger charge is -2.23. The number of carbonyl (C=O) groups is 1. The second kappa shape index (κ2) is 8.27. The monoisotopic (exact) mass is 429 g/mol. The zero-order valence-corrected chi connectivity index (χ0v) is 16.5. The molecule has 0 radical (unpaired) electrons. The van der Waals surface area contributed by atoms with Crippen LogP contribution < -0.4 is 5.73 Å². The molecule has 1 saturated heterocycles. The Hall–Kier alpha value is -2.79. The number of nitrogens with two attached hydrogens (primary N) is 1. The van der Waals surface area contributed by atoms with Gasteiger partial charge in [-0.25, -0.2) is 14.8 Å². The van der Waals surface area contributed by atoms with Crippen LogP contribution in [0.15, 0.2) is 40.8 Å². The average Bonchev–Trinajstić information content (AvgIpc) is 3.25.